The van der Waals surface area contributed by atoms with E-state index in [2.05, 4.69) is 5.32 Å². The summed E-state index contributed by atoms with van der Waals surface area (Å²) in [5.41, 5.74) is 1.45. The summed E-state index contributed by atoms with van der Waals surface area (Å²) in [6.45, 7) is 5.06. The summed E-state index contributed by atoms with van der Waals surface area (Å²) in [5.74, 6) is 1.46. The zero-order valence-electron chi connectivity index (χ0n) is 14.5. The number of aryl methyl sites for hydroxylation is 1. The lowest BCUT2D eigenvalue weighted by molar-refractivity contribution is -0.122. The fourth-order valence-corrected chi connectivity index (χ4v) is 3.09. The van der Waals surface area contributed by atoms with Crippen molar-refractivity contribution in [3.8, 4) is 11.5 Å². The second-order valence-corrected chi connectivity index (χ2v) is 7.03. The molecule has 1 heterocycles. The lowest BCUT2D eigenvalue weighted by atomic mass is 9.93. The van der Waals surface area contributed by atoms with Crippen molar-refractivity contribution in [1.82, 2.24) is 5.32 Å². The lowest BCUT2D eigenvalue weighted by Crippen LogP contribution is -2.41. The number of hydrogen-bond acceptors (Lipinski definition) is 3. The van der Waals surface area contributed by atoms with Crippen molar-refractivity contribution in [1.29, 1.82) is 0 Å². The molecule has 1 aliphatic heterocycles. The van der Waals surface area contributed by atoms with Crippen LogP contribution in [-0.2, 0) is 16.8 Å². The molecule has 5 heteroatoms. The first-order chi connectivity index (χ1) is 12.0. The van der Waals surface area contributed by atoms with Crippen LogP contribution in [0.25, 0.3) is 0 Å². The number of carbonyl (C=O) groups is 1. The van der Waals surface area contributed by atoms with Gasteiger partial charge in [-0.05, 0) is 49.6 Å². The van der Waals surface area contributed by atoms with E-state index in [-0.39, 0.29) is 5.91 Å². The number of halogens is 1. The smallest absolute Gasteiger partial charge is 0.221 e. The number of ether oxygens (including phenoxy) is 2. The van der Waals surface area contributed by atoms with E-state index in [0.29, 0.717) is 31.1 Å². The van der Waals surface area contributed by atoms with Crippen molar-refractivity contribution < 1.29 is 14.3 Å². The van der Waals surface area contributed by atoms with Gasteiger partial charge in [0.25, 0.3) is 0 Å². The summed E-state index contributed by atoms with van der Waals surface area (Å²) < 4.78 is 11.2. The van der Waals surface area contributed by atoms with Crippen molar-refractivity contribution in [2.45, 2.75) is 32.2 Å². The maximum absolute atomic E-state index is 12.4. The van der Waals surface area contributed by atoms with Crippen LogP contribution in [0.5, 0.6) is 11.5 Å². The quantitative estimate of drug-likeness (QED) is 0.874. The molecule has 2 aromatic rings. The minimum Gasteiger partial charge on any atom is -0.486 e. The Kier molecular flexibility index (Phi) is 5.19. The molecule has 3 rings (SSSR count). The van der Waals surface area contributed by atoms with Gasteiger partial charge in [-0.15, -0.1) is 0 Å². The van der Waals surface area contributed by atoms with Crippen LogP contribution >= 0.6 is 11.6 Å². The molecule has 1 aliphatic rings. The molecule has 132 valence electrons. The highest BCUT2D eigenvalue weighted by atomic mass is 35.5. The minimum absolute atomic E-state index is 0.0141. The molecular weight excluding hydrogens is 338 g/mol. The van der Waals surface area contributed by atoms with Crippen LogP contribution in [0.1, 0.15) is 31.4 Å². The number of nitrogens with one attached hydrogen (secondary N) is 1. The Morgan fingerprint density at radius 3 is 2.60 bits per heavy atom. The Bertz CT molecular complexity index is 773. The van der Waals surface area contributed by atoms with E-state index < -0.39 is 5.54 Å². The maximum Gasteiger partial charge on any atom is 0.221 e. The van der Waals surface area contributed by atoms with Gasteiger partial charge in [-0.3, -0.25) is 4.79 Å². The molecule has 0 saturated heterocycles. The van der Waals surface area contributed by atoms with Gasteiger partial charge in [0.05, 0.1) is 5.54 Å². The lowest BCUT2D eigenvalue weighted by Gasteiger charge is -2.29. The highest BCUT2D eigenvalue weighted by Crippen LogP contribution is 2.34. The van der Waals surface area contributed by atoms with Gasteiger partial charge in [0.2, 0.25) is 5.91 Å². The third-order valence-electron chi connectivity index (χ3n) is 4.30. The molecule has 0 radical (unpaired) electrons. The topological polar surface area (TPSA) is 47.6 Å². The van der Waals surface area contributed by atoms with Crippen LogP contribution in [0, 0.1) is 0 Å². The summed E-state index contributed by atoms with van der Waals surface area (Å²) in [6, 6.07) is 13.4. The van der Waals surface area contributed by atoms with Gasteiger partial charge < -0.3 is 14.8 Å². The minimum atomic E-state index is -0.507. The number of hydrogen-bond donors (Lipinski definition) is 1. The van der Waals surface area contributed by atoms with Crippen molar-refractivity contribution in [2.24, 2.45) is 0 Å². The second-order valence-electron chi connectivity index (χ2n) is 6.62. The molecule has 0 saturated carbocycles. The number of carbonyl (C=O) groups excluding carboxylic acids is 1. The molecule has 2 aromatic carbocycles. The summed E-state index contributed by atoms with van der Waals surface area (Å²) in [5, 5.41) is 3.79. The number of rotatable bonds is 5. The Labute approximate surface area is 153 Å². The monoisotopic (exact) mass is 359 g/mol. The molecule has 0 spiro atoms. The third-order valence-corrected chi connectivity index (χ3v) is 4.66. The molecule has 1 amide bonds. The standard InChI is InChI=1S/C20H22ClNO3/c1-20(2,15-8-9-17-18(13-15)25-12-11-24-17)22-19(23)10-7-14-5-3-4-6-16(14)21/h3-6,8-9,13H,7,10-12H2,1-2H3,(H,22,23). The predicted octanol–water partition coefficient (Wildman–Crippen LogP) is 4.10. The van der Waals surface area contributed by atoms with Gasteiger partial charge in [-0.1, -0.05) is 35.9 Å². The summed E-state index contributed by atoms with van der Waals surface area (Å²) in [7, 11) is 0. The van der Waals surface area contributed by atoms with Crippen LogP contribution in [0.15, 0.2) is 42.5 Å². The summed E-state index contributed by atoms with van der Waals surface area (Å²) in [6.07, 6.45) is 1.00. The molecule has 0 atom stereocenters. The number of fused-ring (bicyclic) bond motifs is 1. The average Bonchev–Trinajstić information content (AvgIpc) is 2.60. The molecule has 1 N–H and O–H groups in total. The van der Waals surface area contributed by atoms with E-state index in [9.17, 15) is 4.79 Å². The maximum atomic E-state index is 12.4. The SMILES string of the molecule is CC(C)(NC(=O)CCc1ccccc1Cl)c1ccc2c(c1)OCCO2. The van der Waals surface area contributed by atoms with Crippen LogP contribution in [0.3, 0.4) is 0 Å². The van der Waals surface area contributed by atoms with Crippen LogP contribution < -0.4 is 14.8 Å². The second kappa shape index (κ2) is 7.36. The molecular formula is C20H22ClNO3. The first kappa shape index (κ1) is 17.6. The Morgan fingerprint density at radius 2 is 1.84 bits per heavy atom. The van der Waals surface area contributed by atoms with E-state index in [0.717, 1.165) is 22.6 Å². The van der Waals surface area contributed by atoms with Crippen LogP contribution in [-0.4, -0.2) is 19.1 Å². The van der Waals surface area contributed by atoms with Gasteiger partial charge in [-0.25, -0.2) is 0 Å². The van der Waals surface area contributed by atoms with Crippen molar-refractivity contribution >= 4 is 17.5 Å². The predicted molar refractivity (Wildman–Crippen MR) is 98.4 cm³/mol. The Hall–Kier alpha value is -2.20. The van der Waals surface area contributed by atoms with E-state index in [1.54, 1.807) is 0 Å². The molecule has 0 bridgehead atoms. The van der Waals surface area contributed by atoms with Crippen molar-refractivity contribution in [3.05, 3.63) is 58.6 Å². The molecule has 0 fully saturated rings. The van der Waals surface area contributed by atoms with E-state index in [1.807, 2.05) is 56.3 Å². The molecule has 0 aromatic heterocycles. The zero-order chi connectivity index (χ0) is 17.9. The van der Waals surface area contributed by atoms with Gasteiger partial charge in [0, 0.05) is 11.4 Å². The Balaban J connectivity index is 1.64. The van der Waals surface area contributed by atoms with Gasteiger partial charge in [-0.2, -0.15) is 0 Å². The summed E-state index contributed by atoms with van der Waals surface area (Å²) >= 11 is 6.15. The highest BCUT2D eigenvalue weighted by Gasteiger charge is 2.25. The van der Waals surface area contributed by atoms with E-state index in [4.69, 9.17) is 21.1 Å². The first-order valence-corrected chi connectivity index (χ1v) is 8.78. The van der Waals surface area contributed by atoms with Crippen LogP contribution in [0.4, 0.5) is 0 Å². The van der Waals surface area contributed by atoms with E-state index in [1.165, 1.54) is 0 Å². The zero-order valence-corrected chi connectivity index (χ0v) is 15.2. The molecule has 25 heavy (non-hydrogen) atoms. The van der Waals surface area contributed by atoms with Crippen molar-refractivity contribution in [2.75, 3.05) is 13.2 Å². The van der Waals surface area contributed by atoms with Crippen molar-refractivity contribution in [3.63, 3.8) is 0 Å². The number of benzene rings is 2. The molecule has 4 nitrogen and oxygen atoms in total. The molecule has 0 unspecified atom stereocenters. The van der Waals surface area contributed by atoms with E-state index >= 15 is 0 Å². The largest absolute Gasteiger partial charge is 0.486 e. The normalized spacial score (nSPS) is 13.4. The average molecular weight is 360 g/mol. The fraction of sp³-hybridized carbons (Fsp3) is 0.350. The fourth-order valence-electron chi connectivity index (χ4n) is 2.86. The van der Waals surface area contributed by atoms with Gasteiger partial charge in [0.1, 0.15) is 13.2 Å². The van der Waals surface area contributed by atoms with Gasteiger partial charge in [0.15, 0.2) is 11.5 Å². The van der Waals surface area contributed by atoms with Gasteiger partial charge >= 0.3 is 0 Å². The van der Waals surface area contributed by atoms with Crippen LogP contribution in [0.2, 0.25) is 5.02 Å². The number of amides is 1. The first-order valence-electron chi connectivity index (χ1n) is 8.40. The third kappa shape index (κ3) is 4.26. The Morgan fingerprint density at radius 1 is 1.12 bits per heavy atom. The summed E-state index contributed by atoms with van der Waals surface area (Å²) in [4.78, 5) is 12.4. The highest BCUT2D eigenvalue weighted by molar-refractivity contribution is 6.31. The molecule has 0 aliphatic carbocycles.